The largest absolute Gasteiger partial charge is 0.280 e. The lowest BCUT2D eigenvalue weighted by Crippen LogP contribution is -2.32. The first-order valence-corrected chi connectivity index (χ1v) is 8.51. The lowest BCUT2D eigenvalue weighted by atomic mass is 10.2. The van der Waals surface area contributed by atoms with Crippen LogP contribution < -0.4 is 4.90 Å². The first-order chi connectivity index (χ1) is 11.8. The maximum absolute atomic E-state index is 13.1. The van der Waals surface area contributed by atoms with Gasteiger partial charge in [-0.05, 0) is 37.3 Å². The van der Waals surface area contributed by atoms with Gasteiger partial charge in [0.05, 0.1) is 5.25 Å². The van der Waals surface area contributed by atoms with Crippen LogP contribution in [0.3, 0.4) is 0 Å². The summed E-state index contributed by atoms with van der Waals surface area (Å²) in [5.74, 6) is -0.00940. The van der Waals surface area contributed by atoms with Crippen LogP contribution in [0.15, 0.2) is 84.3 Å². The molecule has 4 nitrogen and oxygen atoms in total. The average molecular weight is 335 g/mol. The molecule has 0 bridgehead atoms. The van der Waals surface area contributed by atoms with E-state index in [0.717, 1.165) is 11.4 Å². The number of nitrogens with zero attached hydrogens (tertiary/aromatic N) is 3. The van der Waals surface area contributed by atoms with Crippen LogP contribution in [0, 0.1) is 0 Å². The Morgan fingerprint density at radius 1 is 0.875 bits per heavy atom. The summed E-state index contributed by atoms with van der Waals surface area (Å²) in [6, 6.07) is 21.1. The second-order valence-corrected chi connectivity index (χ2v) is 6.44. The van der Waals surface area contributed by atoms with Gasteiger partial charge in [0.2, 0.25) is 5.91 Å². The standard InChI is InChI=1S/C19H17N3OS/c1-15(24-19-20-13-8-14-21-19)18(23)22(16-9-4-2-5-10-16)17-11-6-3-7-12-17/h2-15H,1H3. The highest BCUT2D eigenvalue weighted by atomic mass is 32.2. The second-order valence-electron chi connectivity index (χ2n) is 5.14. The Hall–Kier alpha value is -2.66. The number of thioether (sulfide) groups is 1. The van der Waals surface area contributed by atoms with Crippen LogP contribution in [0.2, 0.25) is 0 Å². The van der Waals surface area contributed by atoms with E-state index in [1.165, 1.54) is 11.8 Å². The van der Waals surface area contributed by atoms with Crippen molar-refractivity contribution in [3.63, 3.8) is 0 Å². The predicted octanol–water partition coefficient (Wildman–Crippen LogP) is 4.32. The van der Waals surface area contributed by atoms with Crippen LogP contribution >= 0.6 is 11.8 Å². The minimum Gasteiger partial charge on any atom is -0.280 e. The van der Waals surface area contributed by atoms with Crippen molar-refractivity contribution in [2.75, 3.05) is 4.90 Å². The van der Waals surface area contributed by atoms with Crippen molar-refractivity contribution >= 4 is 29.0 Å². The number of hydrogen-bond acceptors (Lipinski definition) is 4. The van der Waals surface area contributed by atoms with Crippen molar-refractivity contribution in [1.29, 1.82) is 0 Å². The molecule has 1 amide bonds. The Labute approximate surface area is 145 Å². The van der Waals surface area contributed by atoms with Gasteiger partial charge in [-0.15, -0.1) is 0 Å². The molecule has 0 saturated heterocycles. The van der Waals surface area contributed by atoms with Crippen LogP contribution in [-0.2, 0) is 4.79 Å². The van der Waals surface area contributed by atoms with Gasteiger partial charge in [0.15, 0.2) is 5.16 Å². The molecule has 3 aromatic rings. The minimum absolute atomic E-state index is 0.00940. The SMILES string of the molecule is CC(Sc1ncccn1)C(=O)N(c1ccccc1)c1ccccc1. The summed E-state index contributed by atoms with van der Waals surface area (Å²) < 4.78 is 0. The van der Waals surface area contributed by atoms with E-state index in [0.29, 0.717) is 5.16 Å². The molecule has 1 unspecified atom stereocenters. The number of aromatic nitrogens is 2. The zero-order valence-electron chi connectivity index (χ0n) is 13.2. The highest BCUT2D eigenvalue weighted by molar-refractivity contribution is 8.00. The number of carbonyl (C=O) groups is 1. The first kappa shape index (κ1) is 16.2. The Bertz CT molecular complexity index is 742. The fourth-order valence-electron chi connectivity index (χ4n) is 2.29. The van der Waals surface area contributed by atoms with Gasteiger partial charge in [0.1, 0.15) is 0 Å². The molecule has 0 spiro atoms. The van der Waals surface area contributed by atoms with Gasteiger partial charge in [0.25, 0.3) is 0 Å². The number of benzene rings is 2. The smallest absolute Gasteiger partial charge is 0.244 e. The van der Waals surface area contributed by atoms with Crippen molar-refractivity contribution < 1.29 is 4.79 Å². The van der Waals surface area contributed by atoms with Gasteiger partial charge in [-0.2, -0.15) is 0 Å². The molecule has 1 heterocycles. The molecular formula is C19H17N3OS. The molecule has 0 aliphatic rings. The Morgan fingerprint density at radius 3 is 1.88 bits per heavy atom. The summed E-state index contributed by atoms with van der Waals surface area (Å²) in [4.78, 5) is 23.2. The van der Waals surface area contributed by atoms with Crippen LogP contribution in [0.1, 0.15) is 6.92 Å². The molecule has 0 fully saturated rings. The number of carbonyl (C=O) groups excluding carboxylic acids is 1. The molecule has 120 valence electrons. The zero-order valence-corrected chi connectivity index (χ0v) is 14.1. The first-order valence-electron chi connectivity index (χ1n) is 7.63. The lowest BCUT2D eigenvalue weighted by Gasteiger charge is -2.25. The Kier molecular flexibility index (Phi) is 5.23. The summed E-state index contributed by atoms with van der Waals surface area (Å²) >= 11 is 1.36. The molecular weight excluding hydrogens is 318 g/mol. The maximum atomic E-state index is 13.1. The van der Waals surface area contributed by atoms with E-state index < -0.39 is 0 Å². The maximum Gasteiger partial charge on any atom is 0.244 e. The Morgan fingerprint density at radius 2 is 1.38 bits per heavy atom. The monoisotopic (exact) mass is 335 g/mol. The fourth-order valence-corrected chi connectivity index (χ4v) is 3.06. The van der Waals surface area contributed by atoms with Gasteiger partial charge in [-0.3, -0.25) is 9.69 Å². The van der Waals surface area contributed by atoms with E-state index in [-0.39, 0.29) is 11.2 Å². The van der Waals surface area contributed by atoms with Crippen molar-refractivity contribution in [2.24, 2.45) is 0 Å². The summed E-state index contributed by atoms with van der Waals surface area (Å²) in [5.41, 5.74) is 1.69. The van der Waals surface area contributed by atoms with E-state index in [4.69, 9.17) is 0 Å². The number of anilines is 2. The quantitative estimate of drug-likeness (QED) is 0.514. The van der Waals surface area contributed by atoms with Gasteiger partial charge in [-0.1, -0.05) is 48.2 Å². The Balaban J connectivity index is 1.89. The fraction of sp³-hybridized carbons (Fsp3) is 0.105. The van der Waals surface area contributed by atoms with Gasteiger partial charge >= 0.3 is 0 Å². The number of amides is 1. The third-order valence-corrected chi connectivity index (χ3v) is 4.40. The van der Waals surface area contributed by atoms with Crippen LogP contribution in [-0.4, -0.2) is 21.1 Å². The summed E-state index contributed by atoms with van der Waals surface area (Å²) in [6.45, 7) is 1.88. The molecule has 0 aliphatic carbocycles. The van der Waals surface area contributed by atoms with E-state index >= 15 is 0 Å². The van der Waals surface area contributed by atoms with E-state index in [9.17, 15) is 4.79 Å². The van der Waals surface area contributed by atoms with Crippen molar-refractivity contribution in [3.8, 4) is 0 Å². The molecule has 0 radical (unpaired) electrons. The number of rotatable bonds is 5. The molecule has 1 aromatic heterocycles. The third kappa shape index (κ3) is 3.81. The normalized spacial score (nSPS) is 11.7. The summed E-state index contributed by atoms with van der Waals surface area (Å²) in [7, 11) is 0. The summed E-state index contributed by atoms with van der Waals surface area (Å²) in [5, 5.41) is 0.284. The third-order valence-electron chi connectivity index (χ3n) is 3.42. The van der Waals surface area contributed by atoms with Crippen molar-refractivity contribution in [1.82, 2.24) is 9.97 Å². The molecule has 5 heteroatoms. The molecule has 0 N–H and O–H groups in total. The van der Waals surface area contributed by atoms with E-state index in [2.05, 4.69) is 9.97 Å². The minimum atomic E-state index is -0.312. The molecule has 0 saturated carbocycles. The molecule has 2 aromatic carbocycles. The van der Waals surface area contributed by atoms with Crippen LogP contribution in [0.4, 0.5) is 11.4 Å². The van der Waals surface area contributed by atoms with E-state index in [1.54, 1.807) is 23.4 Å². The molecule has 0 aliphatic heterocycles. The van der Waals surface area contributed by atoms with Crippen LogP contribution in [0.5, 0.6) is 0 Å². The van der Waals surface area contributed by atoms with Gasteiger partial charge < -0.3 is 0 Å². The number of hydrogen-bond donors (Lipinski definition) is 0. The molecule has 3 rings (SSSR count). The zero-order chi connectivity index (χ0) is 16.8. The van der Waals surface area contributed by atoms with E-state index in [1.807, 2.05) is 67.6 Å². The molecule has 24 heavy (non-hydrogen) atoms. The highest BCUT2D eigenvalue weighted by Gasteiger charge is 2.24. The van der Waals surface area contributed by atoms with Crippen LogP contribution in [0.25, 0.3) is 0 Å². The van der Waals surface area contributed by atoms with Crippen molar-refractivity contribution in [2.45, 2.75) is 17.3 Å². The lowest BCUT2D eigenvalue weighted by molar-refractivity contribution is -0.117. The van der Waals surface area contributed by atoms with Gasteiger partial charge in [0, 0.05) is 23.8 Å². The second kappa shape index (κ2) is 7.75. The van der Waals surface area contributed by atoms with Crippen molar-refractivity contribution in [3.05, 3.63) is 79.1 Å². The highest BCUT2D eigenvalue weighted by Crippen LogP contribution is 2.29. The predicted molar refractivity (Wildman–Crippen MR) is 97.4 cm³/mol. The molecule has 1 atom stereocenters. The topological polar surface area (TPSA) is 46.1 Å². The number of para-hydroxylation sites is 2. The summed E-state index contributed by atoms with van der Waals surface area (Å²) in [6.07, 6.45) is 3.36. The van der Waals surface area contributed by atoms with Gasteiger partial charge in [-0.25, -0.2) is 9.97 Å². The average Bonchev–Trinajstić information content (AvgIpc) is 2.64.